The molecule has 0 aliphatic rings. The van der Waals surface area contributed by atoms with Crippen LogP contribution in [0.3, 0.4) is 0 Å². The van der Waals surface area contributed by atoms with Crippen molar-refractivity contribution in [3.63, 3.8) is 0 Å². The van der Waals surface area contributed by atoms with E-state index >= 15 is 0 Å². The van der Waals surface area contributed by atoms with Crippen molar-refractivity contribution in [1.82, 2.24) is 4.90 Å². The first-order valence-corrected chi connectivity index (χ1v) is 7.28. The number of hydrogen-bond acceptors (Lipinski definition) is 4. The summed E-state index contributed by atoms with van der Waals surface area (Å²) < 4.78 is 10.7. The van der Waals surface area contributed by atoms with Gasteiger partial charge in [0.25, 0.3) is 0 Å². The number of rotatable bonds is 6. The molecule has 0 aliphatic carbocycles. The topological polar surface area (TPSA) is 47.7 Å². The Hall–Kier alpha value is -2.20. The molecule has 0 radical (unpaired) electrons. The van der Waals surface area contributed by atoms with Crippen molar-refractivity contribution >= 4 is 5.69 Å². The van der Waals surface area contributed by atoms with Crippen molar-refractivity contribution in [2.24, 2.45) is 0 Å². The highest BCUT2D eigenvalue weighted by Gasteiger charge is 2.10. The largest absolute Gasteiger partial charge is 0.493 e. The van der Waals surface area contributed by atoms with Crippen LogP contribution in [0, 0.1) is 6.92 Å². The zero-order valence-electron chi connectivity index (χ0n) is 13.7. The highest BCUT2D eigenvalue weighted by Crippen LogP contribution is 2.30. The number of nitrogen functional groups attached to an aromatic ring is 1. The van der Waals surface area contributed by atoms with Crippen LogP contribution in [0.5, 0.6) is 11.5 Å². The van der Waals surface area contributed by atoms with Gasteiger partial charge in [-0.25, -0.2) is 0 Å². The molecule has 0 saturated heterocycles. The van der Waals surface area contributed by atoms with Crippen molar-refractivity contribution in [2.45, 2.75) is 20.0 Å². The Morgan fingerprint density at radius 3 is 2.32 bits per heavy atom. The van der Waals surface area contributed by atoms with Gasteiger partial charge in [-0.3, -0.25) is 4.90 Å². The SMILES string of the molecule is COc1cc(C)c(CN(C)Cc2cccc(N)c2)cc1OC. The van der Waals surface area contributed by atoms with E-state index in [1.54, 1.807) is 14.2 Å². The molecule has 0 aromatic heterocycles. The van der Waals surface area contributed by atoms with Crippen LogP contribution in [0.2, 0.25) is 0 Å². The number of nitrogens with zero attached hydrogens (tertiary/aromatic N) is 1. The first kappa shape index (κ1) is 16.2. The third-order valence-corrected chi connectivity index (χ3v) is 3.69. The summed E-state index contributed by atoms with van der Waals surface area (Å²) in [7, 11) is 5.41. The summed E-state index contributed by atoms with van der Waals surface area (Å²) >= 11 is 0. The Bertz CT molecular complexity index is 641. The zero-order chi connectivity index (χ0) is 16.1. The summed E-state index contributed by atoms with van der Waals surface area (Å²) in [5.41, 5.74) is 10.3. The Morgan fingerprint density at radius 1 is 1.00 bits per heavy atom. The van der Waals surface area contributed by atoms with Gasteiger partial charge < -0.3 is 15.2 Å². The lowest BCUT2D eigenvalue weighted by molar-refractivity contribution is 0.315. The molecule has 2 N–H and O–H groups in total. The molecule has 2 aromatic carbocycles. The van der Waals surface area contributed by atoms with Gasteiger partial charge >= 0.3 is 0 Å². The van der Waals surface area contributed by atoms with E-state index < -0.39 is 0 Å². The van der Waals surface area contributed by atoms with Crippen LogP contribution in [0.15, 0.2) is 36.4 Å². The maximum Gasteiger partial charge on any atom is 0.161 e. The lowest BCUT2D eigenvalue weighted by atomic mass is 10.1. The molecule has 2 aromatic rings. The Kier molecular flexibility index (Phi) is 5.28. The van der Waals surface area contributed by atoms with E-state index in [1.807, 2.05) is 30.3 Å². The normalized spacial score (nSPS) is 10.8. The molecule has 0 atom stereocenters. The van der Waals surface area contributed by atoms with Crippen molar-refractivity contribution in [2.75, 3.05) is 27.0 Å². The summed E-state index contributed by atoms with van der Waals surface area (Å²) in [6.07, 6.45) is 0. The van der Waals surface area contributed by atoms with Gasteiger partial charge in [-0.2, -0.15) is 0 Å². The minimum Gasteiger partial charge on any atom is -0.493 e. The van der Waals surface area contributed by atoms with Crippen molar-refractivity contribution in [3.05, 3.63) is 53.1 Å². The Morgan fingerprint density at radius 2 is 1.68 bits per heavy atom. The molecular formula is C18H24N2O2. The predicted octanol–water partition coefficient (Wildman–Crippen LogP) is 3.23. The molecular weight excluding hydrogens is 276 g/mol. The number of methoxy groups -OCH3 is 2. The molecule has 0 spiro atoms. The minimum atomic E-state index is 0.764. The van der Waals surface area contributed by atoms with E-state index in [0.29, 0.717) is 0 Å². The van der Waals surface area contributed by atoms with Crippen LogP contribution in [0.4, 0.5) is 5.69 Å². The van der Waals surface area contributed by atoms with Crippen LogP contribution in [0.25, 0.3) is 0 Å². The highest BCUT2D eigenvalue weighted by molar-refractivity contribution is 5.47. The minimum absolute atomic E-state index is 0.764. The number of nitrogens with two attached hydrogens (primary N) is 1. The fraction of sp³-hybridized carbons (Fsp3) is 0.333. The van der Waals surface area contributed by atoms with Gasteiger partial charge in [0.05, 0.1) is 14.2 Å². The quantitative estimate of drug-likeness (QED) is 0.832. The maximum atomic E-state index is 5.83. The monoisotopic (exact) mass is 300 g/mol. The van der Waals surface area contributed by atoms with E-state index in [-0.39, 0.29) is 0 Å². The fourth-order valence-electron chi connectivity index (χ4n) is 2.54. The standard InChI is InChI=1S/C18H24N2O2/c1-13-8-17(21-3)18(22-4)10-15(13)12-20(2)11-14-6-5-7-16(19)9-14/h5-10H,11-12,19H2,1-4H3. The van der Waals surface area contributed by atoms with Crippen LogP contribution >= 0.6 is 0 Å². The van der Waals surface area contributed by atoms with Gasteiger partial charge in [-0.1, -0.05) is 12.1 Å². The van der Waals surface area contributed by atoms with Crippen LogP contribution in [-0.2, 0) is 13.1 Å². The maximum absolute atomic E-state index is 5.83. The molecule has 4 nitrogen and oxygen atoms in total. The van der Waals surface area contributed by atoms with Gasteiger partial charge in [0.2, 0.25) is 0 Å². The van der Waals surface area contributed by atoms with Gasteiger partial charge in [0.15, 0.2) is 11.5 Å². The van der Waals surface area contributed by atoms with Crippen molar-refractivity contribution in [1.29, 1.82) is 0 Å². The summed E-state index contributed by atoms with van der Waals surface area (Å²) in [6, 6.07) is 12.1. The lowest BCUT2D eigenvalue weighted by Gasteiger charge is -2.20. The van der Waals surface area contributed by atoms with Gasteiger partial charge in [-0.15, -0.1) is 0 Å². The van der Waals surface area contributed by atoms with Gasteiger partial charge in [0, 0.05) is 18.8 Å². The third-order valence-electron chi connectivity index (χ3n) is 3.69. The van der Waals surface area contributed by atoms with E-state index in [1.165, 1.54) is 16.7 Å². The van der Waals surface area contributed by atoms with Gasteiger partial charge in [-0.05, 0) is 54.9 Å². The fourth-order valence-corrected chi connectivity index (χ4v) is 2.54. The molecule has 0 aliphatic heterocycles. The first-order valence-electron chi connectivity index (χ1n) is 7.28. The van der Waals surface area contributed by atoms with E-state index in [9.17, 15) is 0 Å². The number of aryl methyl sites for hydroxylation is 1. The first-order chi connectivity index (χ1) is 10.5. The van der Waals surface area contributed by atoms with E-state index in [0.717, 1.165) is 30.3 Å². The number of hydrogen-bond donors (Lipinski definition) is 1. The van der Waals surface area contributed by atoms with Gasteiger partial charge in [0.1, 0.15) is 0 Å². The second kappa shape index (κ2) is 7.18. The molecule has 0 saturated carbocycles. The molecule has 118 valence electrons. The Balaban J connectivity index is 2.12. The number of ether oxygens (including phenoxy) is 2. The van der Waals surface area contributed by atoms with Crippen LogP contribution < -0.4 is 15.2 Å². The molecule has 0 amide bonds. The zero-order valence-corrected chi connectivity index (χ0v) is 13.7. The second-order valence-electron chi connectivity index (χ2n) is 5.55. The summed E-state index contributed by atoms with van der Waals surface area (Å²) in [5, 5.41) is 0. The van der Waals surface area contributed by atoms with E-state index in [2.05, 4.69) is 24.9 Å². The van der Waals surface area contributed by atoms with E-state index in [4.69, 9.17) is 15.2 Å². The molecule has 4 heteroatoms. The van der Waals surface area contributed by atoms with Crippen LogP contribution in [-0.4, -0.2) is 26.2 Å². The van der Waals surface area contributed by atoms with Crippen LogP contribution in [0.1, 0.15) is 16.7 Å². The predicted molar refractivity (Wildman–Crippen MR) is 90.3 cm³/mol. The number of benzene rings is 2. The van der Waals surface area contributed by atoms with Crippen molar-refractivity contribution < 1.29 is 9.47 Å². The molecule has 22 heavy (non-hydrogen) atoms. The molecule has 0 heterocycles. The molecule has 0 fully saturated rings. The second-order valence-corrected chi connectivity index (χ2v) is 5.55. The smallest absolute Gasteiger partial charge is 0.161 e. The molecule has 0 bridgehead atoms. The summed E-state index contributed by atoms with van der Waals surface area (Å²) in [6.45, 7) is 3.77. The highest BCUT2D eigenvalue weighted by atomic mass is 16.5. The summed E-state index contributed by atoms with van der Waals surface area (Å²) in [4.78, 5) is 2.25. The third kappa shape index (κ3) is 3.92. The number of anilines is 1. The molecule has 0 unspecified atom stereocenters. The summed E-state index contributed by atoms with van der Waals surface area (Å²) in [5.74, 6) is 1.53. The average molecular weight is 300 g/mol. The van der Waals surface area contributed by atoms with Crippen molar-refractivity contribution in [3.8, 4) is 11.5 Å². The lowest BCUT2D eigenvalue weighted by Crippen LogP contribution is -2.18. The molecule has 2 rings (SSSR count). The Labute approximate surface area is 132 Å². The average Bonchev–Trinajstić information content (AvgIpc) is 2.48.